The summed E-state index contributed by atoms with van der Waals surface area (Å²) in [6, 6.07) is 12.6. The van der Waals surface area contributed by atoms with Crippen LogP contribution in [0.25, 0.3) is 0 Å². The second-order valence-corrected chi connectivity index (χ2v) is 7.29. The van der Waals surface area contributed by atoms with Gasteiger partial charge in [0.25, 0.3) is 0 Å². The summed E-state index contributed by atoms with van der Waals surface area (Å²) in [5.41, 5.74) is 2.50. The van der Waals surface area contributed by atoms with Crippen LogP contribution in [-0.2, 0) is 16.0 Å². The highest BCUT2D eigenvalue weighted by Gasteiger charge is 2.34. The van der Waals surface area contributed by atoms with E-state index in [1.54, 1.807) is 0 Å². The number of rotatable bonds is 3. The smallest absolute Gasteiger partial charge is 0.225 e. The number of hydrogen-bond donors (Lipinski definition) is 0. The maximum absolute atomic E-state index is 12.9. The molecule has 3 nitrogen and oxygen atoms in total. The zero-order chi connectivity index (χ0) is 15.6. The van der Waals surface area contributed by atoms with E-state index in [1.165, 1.54) is 16.0 Å². The lowest BCUT2D eigenvalue weighted by atomic mass is 9.92. The number of ether oxygens (including phenoxy) is 1. The molecule has 0 aliphatic carbocycles. The first-order chi connectivity index (χ1) is 11.3. The molecule has 1 saturated heterocycles. The number of carbonyl (C=O) groups excluding carboxylic acids is 1. The van der Waals surface area contributed by atoms with Crippen LogP contribution in [0.3, 0.4) is 0 Å². The number of carbonyl (C=O) groups is 1. The Morgan fingerprint density at radius 3 is 2.91 bits per heavy atom. The molecule has 1 fully saturated rings. The molecule has 2 atom stereocenters. The quantitative estimate of drug-likeness (QED) is 0.858. The average molecular weight is 327 g/mol. The molecule has 0 saturated carbocycles. The molecule has 4 rings (SSSR count). The number of hydrogen-bond acceptors (Lipinski definition) is 3. The van der Waals surface area contributed by atoms with Crippen molar-refractivity contribution in [1.29, 1.82) is 0 Å². The first-order valence-corrected chi connectivity index (χ1v) is 9.23. The van der Waals surface area contributed by atoms with Crippen molar-refractivity contribution in [2.24, 2.45) is 0 Å². The molecule has 0 bridgehead atoms. The molecule has 2 aliphatic heterocycles. The Bertz CT molecular complexity index is 676. The van der Waals surface area contributed by atoms with Gasteiger partial charge in [-0.2, -0.15) is 0 Å². The molecule has 4 heteroatoms. The average Bonchev–Trinajstić information content (AvgIpc) is 3.25. The van der Waals surface area contributed by atoms with Crippen LogP contribution in [0.2, 0.25) is 0 Å². The highest BCUT2D eigenvalue weighted by Crippen LogP contribution is 2.38. The van der Waals surface area contributed by atoms with Gasteiger partial charge in [0.2, 0.25) is 5.91 Å². The molecule has 23 heavy (non-hydrogen) atoms. The van der Waals surface area contributed by atoms with E-state index in [0.717, 1.165) is 32.4 Å². The van der Waals surface area contributed by atoms with Crippen molar-refractivity contribution in [3.8, 4) is 0 Å². The zero-order valence-corrected chi connectivity index (χ0v) is 13.9. The maximum Gasteiger partial charge on any atom is 0.225 e. The lowest BCUT2D eigenvalue weighted by Gasteiger charge is -2.37. The summed E-state index contributed by atoms with van der Waals surface area (Å²) >= 11 is 1.81. The number of benzene rings is 1. The van der Waals surface area contributed by atoms with E-state index >= 15 is 0 Å². The van der Waals surface area contributed by atoms with Crippen LogP contribution in [0.5, 0.6) is 0 Å². The van der Waals surface area contributed by atoms with Crippen LogP contribution in [-0.4, -0.2) is 30.1 Å². The summed E-state index contributed by atoms with van der Waals surface area (Å²) in [6.07, 6.45) is 3.69. The Balaban J connectivity index is 1.63. The molecular formula is C19H21NO2S. The van der Waals surface area contributed by atoms with E-state index in [4.69, 9.17) is 4.74 Å². The summed E-state index contributed by atoms with van der Waals surface area (Å²) in [4.78, 5) is 16.4. The monoisotopic (exact) mass is 327 g/mol. The van der Waals surface area contributed by atoms with Crippen molar-refractivity contribution in [3.05, 3.63) is 57.8 Å². The lowest BCUT2D eigenvalue weighted by Crippen LogP contribution is -2.41. The first kappa shape index (κ1) is 14.9. The Labute approximate surface area is 140 Å². The van der Waals surface area contributed by atoms with Crippen LogP contribution >= 0.6 is 11.3 Å². The van der Waals surface area contributed by atoms with Gasteiger partial charge in [-0.3, -0.25) is 4.79 Å². The van der Waals surface area contributed by atoms with Gasteiger partial charge in [0, 0.05) is 18.0 Å². The van der Waals surface area contributed by atoms with Crippen LogP contribution in [0.15, 0.2) is 41.8 Å². The summed E-state index contributed by atoms with van der Waals surface area (Å²) in [5.74, 6) is 0.225. The van der Waals surface area contributed by atoms with E-state index in [-0.39, 0.29) is 18.1 Å². The highest BCUT2D eigenvalue weighted by molar-refractivity contribution is 7.10. The second kappa shape index (κ2) is 6.46. The molecule has 1 aromatic heterocycles. The van der Waals surface area contributed by atoms with Crippen LogP contribution in [0.4, 0.5) is 0 Å². The zero-order valence-electron chi connectivity index (χ0n) is 13.1. The third-order valence-corrected chi connectivity index (χ3v) is 5.82. The predicted molar refractivity (Wildman–Crippen MR) is 91.6 cm³/mol. The van der Waals surface area contributed by atoms with Gasteiger partial charge in [-0.15, -0.1) is 11.3 Å². The molecule has 0 radical (unpaired) electrons. The molecule has 2 aliphatic rings. The van der Waals surface area contributed by atoms with Crippen molar-refractivity contribution < 1.29 is 9.53 Å². The minimum Gasteiger partial charge on any atom is -0.378 e. The SMILES string of the molecule is O=C(C[C@H]1CCCO1)N1CCc2sccc2[C@H]1c1ccccc1. The molecular weight excluding hydrogens is 306 g/mol. The molecule has 3 heterocycles. The Morgan fingerprint density at radius 1 is 1.26 bits per heavy atom. The third kappa shape index (κ3) is 2.93. The van der Waals surface area contributed by atoms with Gasteiger partial charge in [-0.25, -0.2) is 0 Å². The van der Waals surface area contributed by atoms with E-state index in [9.17, 15) is 4.79 Å². The van der Waals surface area contributed by atoms with Gasteiger partial charge in [0.1, 0.15) is 0 Å². The Hall–Kier alpha value is -1.65. The van der Waals surface area contributed by atoms with Gasteiger partial charge in [0.05, 0.1) is 18.6 Å². The molecule has 1 amide bonds. The minimum atomic E-state index is 0.0557. The maximum atomic E-state index is 12.9. The predicted octanol–water partition coefficient (Wildman–Crippen LogP) is 3.79. The number of thiophene rings is 1. The fourth-order valence-corrected chi connectivity index (χ4v) is 4.60. The van der Waals surface area contributed by atoms with Gasteiger partial charge >= 0.3 is 0 Å². The fourth-order valence-electron chi connectivity index (χ4n) is 3.70. The fraction of sp³-hybridized carbons (Fsp3) is 0.421. The minimum absolute atomic E-state index is 0.0557. The van der Waals surface area contributed by atoms with E-state index in [1.807, 2.05) is 17.4 Å². The van der Waals surface area contributed by atoms with Gasteiger partial charge in [-0.1, -0.05) is 30.3 Å². The second-order valence-electron chi connectivity index (χ2n) is 6.29. The topological polar surface area (TPSA) is 29.5 Å². The summed E-state index contributed by atoms with van der Waals surface area (Å²) in [7, 11) is 0. The summed E-state index contributed by atoms with van der Waals surface area (Å²) in [5, 5.41) is 2.15. The molecule has 0 N–H and O–H groups in total. The first-order valence-electron chi connectivity index (χ1n) is 8.35. The molecule has 0 spiro atoms. The van der Waals surface area contributed by atoms with Gasteiger partial charge < -0.3 is 9.64 Å². The van der Waals surface area contributed by atoms with E-state index < -0.39 is 0 Å². The largest absolute Gasteiger partial charge is 0.378 e. The number of nitrogens with zero attached hydrogens (tertiary/aromatic N) is 1. The van der Waals surface area contributed by atoms with Crippen LogP contribution < -0.4 is 0 Å². The molecule has 2 aromatic rings. The van der Waals surface area contributed by atoms with Crippen molar-refractivity contribution >= 4 is 17.2 Å². The Morgan fingerprint density at radius 2 is 2.13 bits per heavy atom. The standard InChI is InChI=1S/C19H21NO2S/c21-18(13-15-7-4-11-22-15)20-10-8-17-16(9-12-23-17)19(20)14-5-2-1-3-6-14/h1-3,5-6,9,12,15,19H,4,7-8,10-11,13H2/t15-,19-/m1/s1. The Kier molecular flexibility index (Phi) is 4.19. The molecule has 0 unspecified atom stereocenters. The third-order valence-electron chi connectivity index (χ3n) is 4.83. The van der Waals surface area contributed by atoms with Gasteiger partial charge in [0.15, 0.2) is 0 Å². The van der Waals surface area contributed by atoms with Crippen molar-refractivity contribution in [2.45, 2.75) is 37.8 Å². The van der Waals surface area contributed by atoms with E-state index in [2.05, 4.69) is 40.6 Å². The lowest BCUT2D eigenvalue weighted by molar-refractivity contribution is -0.135. The highest BCUT2D eigenvalue weighted by atomic mass is 32.1. The van der Waals surface area contributed by atoms with Crippen LogP contribution in [0, 0.1) is 0 Å². The molecule has 1 aromatic carbocycles. The van der Waals surface area contributed by atoms with E-state index in [0.29, 0.717) is 6.42 Å². The number of fused-ring (bicyclic) bond motifs is 1. The van der Waals surface area contributed by atoms with Crippen molar-refractivity contribution in [2.75, 3.05) is 13.2 Å². The van der Waals surface area contributed by atoms with Gasteiger partial charge in [-0.05, 0) is 41.8 Å². The summed E-state index contributed by atoms with van der Waals surface area (Å²) in [6.45, 7) is 1.60. The van der Waals surface area contributed by atoms with Crippen LogP contribution in [0.1, 0.15) is 41.3 Å². The molecule has 120 valence electrons. The van der Waals surface area contributed by atoms with Crippen molar-refractivity contribution in [1.82, 2.24) is 4.90 Å². The van der Waals surface area contributed by atoms with Crippen molar-refractivity contribution in [3.63, 3.8) is 0 Å². The number of amides is 1. The normalized spacial score (nSPS) is 23.7. The summed E-state index contributed by atoms with van der Waals surface area (Å²) < 4.78 is 5.66.